The molecule has 0 radical (unpaired) electrons. The summed E-state index contributed by atoms with van der Waals surface area (Å²) >= 11 is 1.68. The van der Waals surface area contributed by atoms with Gasteiger partial charge in [0, 0.05) is 11.0 Å². The standard InChI is InChI=1S/C17H18O3S2/c1-3-5-7-14(6-4-2)20-15-8-10-17(11-9-15)22(18,19)13-16-12-21-16/h3-11,16H,1-2,12-13H2/b7-5-,14-6+. The van der Waals surface area contributed by atoms with E-state index in [1.807, 2.05) is 0 Å². The summed E-state index contributed by atoms with van der Waals surface area (Å²) in [6.45, 7) is 7.24. The van der Waals surface area contributed by atoms with E-state index in [4.69, 9.17) is 4.74 Å². The molecule has 0 N–H and O–H groups in total. The third-order valence-electron chi connectivity index (χ3n) is 2.90. The Hall–Kier alpha value is -1.72. The SMILES string of the molecule is C=C/C=C\C(=C/C=C)Oc1ccc(S(=O)(=O)CC2CS2)cc1. The summed E-state index contributed by atoms with van der Waals surface area (Å²) in [5.74, 6) is 2.31. The Bertz CT molecular complexity index is 694. The monoisotopic (exact) mass is 334 g/mol. The van der Waals surface area contributed by atoms with Crippen molar-refractivity contribution in [2.45, 2.75) is 10.1 Å². The topological polar surface area (TPSA) is 43.4 Å². The van der Waals surface area contributed by atoms with Crippen molar-refractivity contribution in [3.05, 3.63) is 73.6 Å². The minimum atomic E-state index is -3.20. The molecule has 1 aromatic carbocycles. The lowest BCUT2D eigenvalue weighted by Crippen LogP contribution is -2.10. The zero-order valence-electron chi connectivity index (χ0n) is 12.1. The Morgan fingerprint density at radius 1 is 1.27 bits per heavy atom. The predicted molar refractivity (Wildman–Crippen MR) is 93.0 cm³/mol. The van der Waals surface area contributed by atoms with Crippen molar-refractivity contribution >= 4 is 21.6 Å². The average Bonchev–Trinajstić information content (AvgIpc) is 3.29. The molecule has 1 saturated heterocycles. The van der Waals surface area contributed by atoms with Crippen LogP contribution in [0.2, 0.25) is 0 Å². The van der Waals surface area contributed by atoms with Crippen LogP contribution in [0, 0.1) is 0 Å². The van der Waals surface area contributed by atoms with Gasteiger partial charge in [-0.05, 0) is 36.4 Å². The average molecular weight is 334 g/mol. The fourth-order valence-corrected chi connectivity index (χ4v) is 4.43. The molecule has 2 rings (SSSR count). The molecule has 3 nitrogen and oxygen atoms in total. The summed E-state index contributed by atoms with van der Waals surface area (Å²) < 4.78 is 30.0. The Morgan fingerprint density at radius 2 is 1.95 bits per heavy atom. The van der Waals surface area contributed by atoms with Gasteiger partial charge in [0.2, 0.25) is 0 Å². The van der Waals surface area contributed by atoms with E-state index in [1.165, 1.54) is 0 Å². The molecule has 0 saturated carbocycles. The van der Waals surface area contributed by atoms with Crippen LogP contribution in [0.25, 0.3) is 0 Å². The summed E-state index contributed by atoms with van der Waals surface area (Å²) in [6, 6.07) is 6.48. The minimum Gasteiger partial charge on any atom is -0.457 e. The first kappa shape index (κ1) is 16.6. The molecule has 0 amide bonds. The molecule has 0 aromatic heterocycles. The first-order valence-corrected chi connectivity index (χ1v) is 9.49. The van der Waals surface area contributed by atoms with Gasteiger partial charge < -0.3 is 4.74 Å². The van der Waals surface area contributed by atoms with Crippen molar-refractivity contribution in [2.75, 3.05) is 11.5 Å². The van der Waals surface area contributed by atoms with Crippen LogP contribution >= 0.6 is 11.8 Å². The van der Waals surface area contributed by atoms with E-state index in [1.54, 1.807) is 66.4 Å². The van der Waals surface area contributed by atoms with Crippen molar-refractivity contribution < 1.29 is 13.2 Å². The van der Waals surface area contributed by atoms with Gasteiger partial charge in [-0.15, -0.1) is 0 Å². The zero-order valence-corrected chi connectivity index (χ0v) is 13.8. The molecule has 1 fully saturated rings. The van der Waals surface area contributed by atoms with Crippen LogP contribution in [0.4, 0.5) is 0 Å². The maximum atomic E-state index is 12.2. The van der Waals surface area contributed by atoms with E-state index < -0.39 is 9.84 Å². The van der Waals surface area contributed by atoms with Gasteiger partial charge in [-0.2, -0.15) is 11.8 Å². The maximum Gasteiger partial charge on any atom is 0.179 e. The van der Waals surface area contributed by atoms with Crippen molar-refractivity contribution in [3.8, 4) is 5.75 Å². The fourth-order valence-electron chi connectivity index (χ4n) is 1.76. The van der Waals surface area contributed by atoms with E-state index in [0.717, 1.165) is 5.75 Å². The zero-order chi connectivity index (χ0) is 16.0. The molecule has 0 bridgehead atoms. The smallest absolute Gasteiger partial charge is 0.179 e. The van der Waals surface area contributed by atoms with E-state index in [0.29, 0.717) is 16.4 Å². The second-order valence-electron chi connectivity index (χ2n) is 4.71. The normalized spacial score (nSPS) is 18.2. The van der Waals surface area contributed by atoms with E-state index in [9.17, 15) is 8.42 Å². The molecule has 116 valence electrons. The van der Waals surface area contributed by atoms with Crippen molar-refractivity contribution in [1.82, 2.24) is 0 Å². The summed E-state index contributed by atoms with van der Waals surface area (Å²) in [4.78, 5) is 0.336. The van der Waals surface area contributed by atoms with Crippen LogP contribution in [-0.2, 0) is 9.84 Å². The fraction of sp³-hybridized carbons (Fsp3) is 0.176. The summed E-state index contributed by atoms with van der Waals surface area (Å²) in [5, 5.41) is 0.257. The number of rotatable bonds is 8. The maximum absolute atomic E-state index is 12.2. The number of ether oxygens (including phenoxy) is 1. The molecule has 1 aliphatic rings. The van der Waals surface area contributed by atoms with Gasteiger partial charge >= 0.3 is 0 Å². The van der Waals surface area contributed by atoms with Gasteiger partial charge in [0.25, 0.3) is 0 Å². The van der Waals surface area contributed by atoms with Gasteiger partial charge in [-0.25, -0.2) is 8.42 Å². The highest BCUT2D eigenvalue weighted by atomic mass is 32.2. The van der Waals surface area contributed by atoms with Gasteiger partial charge in [-0.3, -0.25) is 0 Å². The second-order valence-corrected chi connectivity index (χ2v) is 8.08. The Morgan fingerprint density at radius 3 is 2.50 bits per heavy atom. The minimum absolute atomic E-state index is 0.210. The lowest BCUT2D eigenvalue weighted by molar-refractivity contribution is 0.444. The van der Waals surface area contributed by atoms with Crippen LogP contribution in [0.1, 0.15) is 0 Å². The third-order valence-corrected chi connectivity index (χ3v) is 5.92. The molecule has 1 atom stereocenters. The summed E-state index contributed by atoms with van der Waals surface area (Å²) in [5.41, 5.74) is 0. The number of hydrogen-bond acceptors (Lipinski definition) is 4. The van der Waals surface area contributed by atoms with Gasteiger partial charge in [0.05, 0.1) is 10.6 Å². The Balaban J connectivity index is 2.10. The van der Waals surface area contributed by atoms with E-state index >= 15 is 0 Å². The van der Waals surface area contributed by atoms with E-state index in [-0.39, 0.29) is 11.0 Å². The van der Waals surface area contributed by atoms with Gasteiger partial charge in [0.1, 0.15) is 11.5 Å². The lowest BCUT2D eigenvalue weighted by atomic mass is 10.3. The molecule has 22 heavy (non-hydrogen) atoms. The van der Waals surface area contributed by atoms with Crippen molar-refractivity contribution in [2.24, 2.45) is 0 Å². The number of hydrogen-bond donors (Lipinski definition) is 0. The molecule has 0 aliphatic carbocycles. The van der Waals surface area contributed by atoms with Crippen molar-refractivity contribution in [3.63, 3.8) is 0 Å². The highest BCUT2D eigenvalue weighted by Crippen LogP contribution is 2.33. The number of thioether (sulfide) groups is 1. The number of sulfone groups is 1. The molecule has 5 heteroatoms. The third kappa shape index (κ3) is 4.93. The molecule has 1 aromatic rings. The molecule has 1 aliphatic heterocycles. The summed E-state index contributed by atoms with van der Waals surface area (Å²) in [7, 11) is -3.20. The quantitative estimate of drug-likeness (QED) is 0.412. The predicted octanol–water partition coefficient (Wildman–Crippen LogP) is 3.77. The van der Waals surface area contributed by atoms with Crippen LogP contribution < -0.4 is 4.74 Å². The van der Waals surface area contributed by atoms with Crippen molar-refractivity contribution in [1.29, 1.82) is 0 Å². The van der Waals surface area contributed by atoms with Gasteiger partial charge in [-0.1, -0.05) is 31.4 Å². The van der Waals surface area contributed by atoms with Crippen LogP contribution in [0.5, 0.6) is 5.75 Å². The Labute approximate surface area is 136 Å². The number of benzene rings is 1. The van der Waals surface area contributed by atoms with Crippen LogP contribution in [0.3, 0.4) is 0 Å². The highest BCUT2D eigenvalue weighted by Gasteiger charge is 2.29. The number of allylic oxidation sites excluding steroid dienone is 5. The van der Waals surface area contributed by atoms with Gasteiger partial charge in [0.15, 0.2) is 9.84 Å². The Kier molecular flexibility index (Phi) is 5.69. The molecule has 1 unspecified atom stereocenters. The van der Waals surface area contributed by atoms with E-state index in [2.05, 4.69) is 13.2 Å². The first-order chi connectivity index (χ1) is 10.5. The first-order valence-electron chi connectivity index (χ1n) is 6.79. The van der Waals surface area contributed by atoms with Crippen LogP contribution in [-0.4, -0.2) is 25.2 Å². The second kappa shape index (κ2) is 7.51. The highest BCUT2D eigenvalue weighted by molar-refractivity contribution is 8.08. The molecule has 0 spiro atoms. The summed E-state index contributed by atoms with van der Waals surface area (Å²) in [6.07, 6.45) is 8.49. The lowest BCUT2D eigenvalue weighted by Gasteiger charge is -2.08. The molecule has 1 heterocycles. The molecular formula is C17H18O3S2. The largest absolute Gasteiger partial charge is 0.457 e. The molecular weight excluding hydrogens is 316 g/mol. The van der Waals surface area contributed by atoms with Crippen LogP contribution in [0.15, 0.2) is 78.5 Å².